The lowest BCUT2D eigenvalue weighted by Gasteiger charge is -2.19. The molecule has 1 N–H and O–H groups in total. The molecule has 0 spiro atoms. The van der Waals surface area contributed by atoms with Crippen molar-refractivity contribution in [3.63, 3.8) is 0 Å². The van der Waals surface area contributed by atoms with E-state index in [4.69, 9.17) is 0 Å². The smallest absolute Gasteiger partial charge is 0.385 e. The van der Waals surface area contributed by atoms with Crippen LogP contribution in [0.1, 0.15) is 17.5 Å². The van der Waals surface area contributed by atoms with E-state index in [9.17, 15) is 17.6 Å². The number of rotatable bonds is 1. The van der Waals surface area contributed by atoms with E-state index in [0.717, 1.165) is 37.2 Å². The van der Waals surface area contributed by atoms with Crippen LogP contribution in [0, 0.1) is 5.82 Å². The highest BCUT2D eigenvalue weighted by Crippen LogP contribution is 2.34. The Morgan fingerprint density at radius 2 is 1.67 bits per heavy atom. The van der Waals surface area contributed by atoms with Gasteiger partial charge in [-0.15, -0.1) is 0 Å². The number of fused-ring (bicyclic) bond motifs is 1. The molecule has 1 heterocycles. The fourth-order valence-corrected chi connectivity index (χ4v) is 2.57. The molecule has 1 aliphatic heterocycles. The number of halogens is 4. The van der Waals surface area contributed by atoms with Crippen LogP contribution in [0.15, 0.2) is 36.4 Å². The van der Waals surface area contributed by atoms with Gasteiger partial charge in [-0.05, 0) is 47.7 Å². The monoisotopic (exact) mass is 295 g/mol. The summed E-state index contributed by atoms with van der Waals surface area (Å²) in [6.07, 6.45) is -2.63. The van der Waals surface area contributed by atoms with Gasteiger partial charge in [-0.2, -0.15) is 13.2 Å². The summed E-state index contributed by atoms with van der Waals surface area (Å²) < 4.78 is 51.3. The number of aryl methyl sites for hydroxylation is 1. The highest BCUT2D eigenvalue weighted by Gasteiger charge is 2.33. The molecule has 2 aromatic rings. The first kappa shape index (κ1) is 13.9. The average molecular weight is 295 g/mol. The lowest BCUT2D eigenvalue weighted by atomic mass is 9.97. The number of hydrogen-bond acceptors (Lipinski definition) is 1. The Morgan fingerprint density at radius 1 is 0.952 bits per heavy atom. The Labute approximate surface area is 119 Å². The Hall–Kier alpha value is -2.04. The molecule has 0 saturated carbocycles. The number of nitrogens with one attached hydrogen (secondary N) is 1. The molecule has 5 heteroatoms. The molecule has 110 valence electrons. The van der Waals surface area contributed by atoms with E-state index >= 15 is 0 Å². The van der Waals surface area contributed by atoms with Gasteiger partial charge in [-0.3, -0.25) is 0 Å². The van der Waals surface area contributed by atoms with Crippen LogP contribution in [0.4, 0.5) is 23.2 Å². The van der Waals surface area contributed by atoms with Crippen molar-refractivity contribution in [2.24, 2.45) is 0 Å². The van der Waals surface area contributed by atoms with Gasteiger partial charge in [0.1, 0.15) is 5.82 Å². The molecule has 0 fully saturated rings. The number of hydrogen-bond donors (Lipinski definition) is 1. The molecule has 0 amide bonds. The summed E-state index contributed by atoms with van der Waals surface area (Å²) in [5.41, 5.74) is 2.06. The van der Waals surface area contributed by atoms with Crippen LogP contribution in [0.25, 0.3) is 11.1 Å². The molecule has 1 nitrogen and oxygen atoms in total. The standard InChI is InChI=1S/C16H13F4N/c17-14-8-11(5-6-13(14)16(18,19)20)12-4-3-10-2-1-7-21-15(10)9-12/h3-6,8-9,21H,1-2,7H2. The molecule has 0 unspecified atom stereocenters. The molecule has 0 aliphatic carbocycles. The van der Waals surface area contributed by atoms with Crippen LogP contribution in [0.2, 0.25) is 0 Å². The van der Waals surface area contributed by atoms with Crippen molar-refractivity contribution in [1.82, 2.24) is 0 Å². The van der Waals surface area contributed by atoms with Gasteiger partial charge in [0.2, 0.25) is 0 Å². The highest BCUT2D eigenvalue weighted by atomic mass is 19.4. The van der Waals surface area contributed by atoms with E-state index in [1.807, 2.05) is 18.2 Å². The Morgan fingerprint density at radius 3 is 2.38 bits per heavy atom. The second-order valence-corrected chi connectivity index (χ2v) is 5.09. The van der Waals surface area contributed by atoms with Gasteiger partial charge < -0.3 is 5.32 Å². The van der Waals surface area contributed by atoms with Crippen molar-refractivity contribution in [1.29, 1.82) is 0 Å². The van der Waals surface area contributed by atoms with E-state index in [1.54, 1.807) is 0 Å². The van der Waals surface area contributed by atoms with Crippen LogP contribution < -0.4 is 5.32 Å². The van der Waals surface area contributed by atoms with Crippen molar-refractivity contribution in [3.05, 3.63) is 53.3 Å². The SMILES string of the molecule is Fc1cc(-c2ccc3c(c2)NCCC3)ccc1C(F)(F)F. The molecule has 2 aromatic carbocycles. The summed E-state index contributed by atoms with van der Waals surface area (Å²) in [6.45, 7) is 0.873. The molecule has 1 aliphatic rings. The fourth-order valence-electron chi connectivity index (χ4n) is 2.57. The lowest BCUT2D eigenvalue weighted by Crippen LogP contribution is -2.11. The Bertz CT molecular complexity index is 676. The van der Waals surface area contributed by atoms with E-state index in [0.29, 0.717) is 11.1 Å². The van der Waals surface area contributed by atoms with E-state index in [-0.39, 0.29) is 0 Å². The zero-order valence-corrected chi connectivity index (χ0v) is 11.1. The van der Waals surface area contributed by atoms with Gasteiger partial charge in [-0.1, -0.05) is 18.2 Å². The first-order valence-corrected chi connectivity index (χ1v) is 6.69. The number of anilines is 1. The fraction of sp³-hybridized carbons (Fsp3) is 0.250. The third-order valence-corrected chi connectivity index (χ3v) is 3.66. The minimum atomic E-state index is -4.67. The second-order valence-electron chi connectivity index (χ2n) is 5.09. The largest absolute Gasteiger partial charge is 0.419 e. The molecular weight excluding hydrogens is 282 g/mol. The van der Waals surface area contributed by atoms with Gasteiger partial charge in [0.15, 0.2) is 0 Å². The predicted molar refractivity (Wildman–Crippen MR) is 73.6 cm³/mol. The van der Waals surface area contributed by atoms with Gasteiger partial charge in [0, 0.05) is 12.2 Å². The maximum atomic E-state index is 13.6. The predicted octanol–water partition coefficient (Wildman–Crippen LogP) is 4.87. The number of alkyl halides is 3. The van der Waals surface area contributed by atoms with Crippen LogP contribution in [0.3, 0.4) is 0 Å². The minimum Gasteiger partial charge on any atom is -0.385 e. The van der Waals surface area contributed by atoms with Crippen LogP contribution >= 0.6 is 0 Å². The van der Waals surface area contributed by atoms with Gasteiger partial charge in [0.25, 0.3) is 0 Å². The summed E-state index contributed by atoms with van der Waals surface area (Å²) >= 11 is 0. The Kier molecular flexibility index (Phi) is 3.35. The van der Waals surface area contributed by atoms with E-state index in [1.165, 1.54) is 11.6 Å². The topological polar surface area (TPSA) is 12.0 Å². The molecule has 0 bridgehead atoms. The molecule has 0 atom stereocenters. The summed E-state index contributed by atoms with van der Waals surface area (Å²) in [5, 5.41) is 3.25. The van der Waals surface area contributed by atoms with Crippen molar-refractivity contribution in [3.8, 4) is 11.1 Å². The van der Waals surface area contributed by atoms with E-state index in [2.05, 4.69) is 5.32 Å². The van der Waals surface area contributed by atoms with Gasteiger partial charge in [0.05, 0.1) is 5.56 Å². The maximum absolute atomic E-state index is 13.6. The van der Waals surface area contributed by atoms with Crippen LogP contribution in [0.5, 0.6) is 0 Å². The molecule has 0 saturated heterocycles. The summed E-state index contributed by atoms with van der Waals surface area (Å²) in [7, 11) is 0. The maximum Gasteiger partial charge on any atom is 0.419 e. The van der Waals surface area contributed by atoms with Gasteiger partial charge >= 0.3 is 6.18 Å². The van der Waals surface area contributed by atoms with Gasteiger partial charge in [-0.25, -0.2) is 4.39 Å². The van der Waals surface area contributed by atoms with E-state index < -0.39 is 17.6 Å². The minimum absolute atomic E-state index is 0.440. The molecular formula is C16H13F4N. The number of benzene rings is 2. The normalized spacial score (nSPS) is 14.5. The molecule has 3 rings (SSSR count). The molecule has 0 radical (unpaired) electrons. The summed E-state index contributed by atoms with van der Waals surface area (Å²) in [4.78, 5) is 0. The van der Waals surface area contributed by atoms with Crippen LogP contribution in [-0.2, 0) is 12.6 Å². The zero-order chi connectivity index (χ0) is 15.0. The summed E-state index contributed by atoms with van der Waals surface area (Å²) in [5.74, 6) is -1.24. The quantitative estimate of drug-likeness (QED) is 0.740. The van der Waals surface area contributed by atoms with Crippen molar-refractivity contribution >= 4 is 5.69 Å². The first-order chi connectivity index (χ1) is 9.95. The van der Waals surface area contributed by atoms with Crippen molar-refractivity contribution < 1.29 is 17.6 Å². The van der Waals surface area contributed by atoms with Crippen molar-refractivity contribution in [2.75, 3.05) is 11.9 Å². The second kappa shape index (κ2) is 5.06. The van der Waals surface area contributed by atoms with Crippen LogP contribution in [-0.4, -0.2) is 6.54 Å². The molecule has 0 aromatic heterocycles. The third kappa shape index (κ3) is 2.73. The average Bonchev–Trinajstić information content (AvgIpc) is 2.45. The summed E-state index contributed by atoms with van der Waals surface area (Å²) in [6, 6.07) is 8.64. The molecule has 21 heavy (non-hydrogen) atoms. The van der Waals surface area contributed by atoms with Crippen molar-refractivity contribution in [2.45, 2.75) is 19.0 Å². The highest BCUT2D eigenvalue weighted by molar-refractivity contribution is 5.71. The lowest BCUT2D eigenvalue weighted by molar-refractivity contribution is -0.139. The third-order valence-electron chi connectivity index (χ3n) is 3.66. The first-order valence-electron chi connectivity index (χ1n) is 6.69. The Balaban J connectivity index is 1.99. The zero-order valence-electron chi connectivity index (χ0n) is 11.1.